The van der Waals surface area contributed by atoms with Crippen molar-refractivity contribution in [3.63, 3.8) is 0 Å². The summed E-state index contributed by atoms with van der Waals surface area (Å²) in [5.74, 6) is 1.44. The van der Waals surface area contributed by atoms with E-state index in [1.807, 2.05) is 19.1 Å². The van der Waals surface area contributed by atoms with Crippen molar-refractivity contribution in [2.45, 2.75) is 52.1 Å². The van der Waals surface area contributed by atoms with Gasteiger partial charge in [0.1, 0.15) is 23.7 Å². The van der Waals surface area contributed by atoms with E-state index in [0.29, 0.717) is 41.3 Å². The van der Waals surface area contributed by atoms with Crippen molar-refractivity contribution in [2.24, 2.45) is 24.8 Å². The zero-order valence-corrected chi connectivity index (χ0v) is 21.0. The zero-order valence-electron chi connectivity index (χ0n) is 21.0. The van der Waals surface area contributed by atoms with E-state index in [1.165, 1.54) is 26.4 Å². The van der Waals surface area contributed by atoms with E-state index in [9.17, 15) is 9.59 Å². The molecule has 2 unspecified atom stereocenters. The van der Waals surface area contributed by atoms with Crippen molar-refractivity contribution in [1.82, 2.24) is 24.9 Å². The topological polar surface area (TPSA) is 109 Å². The molecule has 2 heterocycles. The number of ether oxygens (including phenoxy) is 3. The number of rotatable bonds is 9. The van der Waals surface area contributed by atoms with Gasteiger partial charge in [0.2, 0.25) is 0 Å². The molecule has 10 heteroatoms. The third-order valence-electron chi connectivity index (χ3n) is 7.17. The molecule has 0 saturated heterocycles. The Bertz CT molecular complexity index is 1050. The molecule has 0 aromatic carbocycles. The number of methoxy groups -OCH3 is 1. The summed E-state index contributed by atoms with van der Waals surface area (Å²) in [6.07, 6.45) is 5.81. The molecule has 1 amide bonds. The molecule has 2 aliphatic rings. The Kier molecular flexibility index (Phi) is 7.87. The standard InChI is InChI=1S/C25H35N5O5/c1-16-22(34-14-18-8-9-19(12-18)24(31)33-4)11-10-20(26-16)23-21(30(3)28-27-23)15-35-25(32)29(2)13-17-6-5-7-17/h10-11,17-19H,5-9,12-15H2,1-4H3. The molecule has 0 spiro atoms. The number of nitrogens with zero attached hydrogens (tertiary/aromatic N) is 5. The fraction of sp³-hybridized carbons (Fsp3) is 0.640. The minimum Gasteiger partial charge on any atom is -0.491 e. The first-order valence-electron chi connectivity index (χ1n) is 12.3. The number of hydrogen-bond donors (Lipinski definition) is 0. The maximum absolute atomic E-state index is 12.4. The number of aromatic nitrogens is 4. The number of esters is 1. The average Bonchev–Trinajstić information content (AvgIpc) is 3.45. The maximum Gasteiger partial charge on any atom is 0.409 e. The molecule has 2 fully saturated rings. The molecule has 0 N–H and O–H groups in total. The predicted molar refractivity (Wildman–Crippen MR) is 127 cm³/mol. The Balaban J connectivity index is 1.35. The van der Waals surface area contributed by atoms with Gasteiger partial charge >= 0.3 is 12.1 Å². The highest BCUT2D eigenvalue weighted by molar-refractivity contribution is 5.72. The van der Waals surface area contributed by atoms with E-state index in [2.05, 4.69) is 15.3 Å². The third kappa shape index (κ3) is 5.91. The summed E-state index contributed by atoms with van der Waals surface area (Å²) in [5.41, 5.74) is 2.63. The molecule has 2 atom stereocenters. The minimum absolute atomic E-state index is 0.0302. The molecule has 2 aromatic heterocycles. The lowest BCUT2D eigenvalue weighted by molar-refractivity contribution is -0.145. The fourth-order valence-corrected chi connectivity index (χ4v) is 4.76. The second-order valence-electron chi connectivity index (χ2n) is 9.73. The summed E-state index contributed by atoms with van der Waals surface area (Å²) in [5, 5.41) is 8.36. The van der Waals surface area contributed by atoms with Crippen LogP contribution in [0.2, 0.25) is 0 Å². The van der Waals surface area contributed by atoms with E-state index in [-0.39, 0.29) is 24.6 Å². The largest absolute Gasteiger partial charge is 0.491 e. The molecular weight excluding hydrogens is 450 g/mol. The number of carbonyl (C=O) groups is 2. The lowest BCUT2D eigenvalue weighted by Gasteiger charge is -2.29. The number of hydrogen-bond acceptors (Lipinski definition) is 8. The first kappa shape index (κ1) is 24.9. The van der Waals surface area contributed by atoms with Crippen LogP contribution in [0, 0.1) is 24.7 Å². The van der Waals surface area contributed by atoms with Crippen molar-refractivity contribution >= 4 is 12.1 Å². The van der Waals surface area contributed by atoms with Crippen molar-refractivity contribution in [3.8, 4) is 17.1 Å². The van der Waals surface area contributed by atoms with Crippen molar-refractivity contribution in [1.29, 1.82) is 0 Å². The minimum atomic E-state index is -0.349. The Labute approximate surface area is 205 Å². The molecule has 2 aromatic rings. The van der Waals surface area contributed by atoms with E-state index in [4.69, 9.17) is 14.2 Å². The van der Waals surface area contributed by atoms with Crippen LogP contribution in [-0.2, 0) is 27.9 Å². The number of pyridine rings is 1. The van der Waals surface area contributed by atoms with Crippen LogP contribution < -0.4 is 4.74 Å². The van der Waals surface area contributed by atoms with Gasteiger partial charge in [0.25, 0.3) is 0 Å². The van der Waals surface area contributed by atoms with Crippen LogP contribution in [0.3, 0.4) is 0 Å². The van der Waals surface area contributed by atoms with Crippen LogP contribution in [0.1, 0.15) is 49.9 Å². The highest BCUT2D eigenvalue weighted by atomic mass is 16.6. The normalized spacial score (nSPS) is 19.8. The maximum atomic E-state index is 12.4. The highest BCUT2D eigenvalue weighted by Gasteiger charge is 2.31. The van der Waals surface area contributed by atoms with E-state index in [0.717, 1.165) is 31.5 Å². The van der Waals surface area contributed by atoms with Gasteiger partial charge in [-0.1, -0.05) is 11.6 Å². The fourth-order valence-electron chi connectivity index (χ4n) is 4.76. The Morgan fingerprint density at radius 2 is 1.97 bits per heavy atom. The van der Waals surface area contributed by atoms with Crippen LogP contribution in [0.5, 0.6) is 5.75 Å². The predicted octanol–water partition coefficient (Wildman–Crippen LogP) is 3.52. The van der Waals surface area contributed by atoms with Gasteiger partial charge in [-0.25, -0.2) is 14.5 Å². The first-order chi connectivity index (χ1) is 16.9. The van der Waals surface area contributed by atoms with E-state index >= 15 is 0 Å². The van der Waals surface area contributed by atoms with E-state index < -0.39 is 0 Å². The van der Waals surface area contributed by atoms with Gasteiger partial charge in [0.15, 0.2) is 0 Å². The molecule has 190 valence electrons. The van der Waals surface area contributed by atoms with Crippen LogP contribution in [0.25, 0.3) is 11.4 Å². The molecule has 2 aliphatic carbocycles. The molecule has 4 rings (SSSR count). The van der Waals surface area contributed by atoms with Gasteiger partial charge in [-0.3, -0.25) is 4.79 Å². The second kappa shape index (κ2) is 11.0. The number of aryl methyl sites for hydroxylation is 2. The summed E-state index contributed by atoms with van der Waals surface area (Å²) in [4.78, 5) is 30.5. The third-order valence-corrected chi connectivity index (χ3v) is 7.17. The van der Waals surface area contributed by atoms with Crippen molar-refractivity contribution in [3.05, 3.63) is 23.5 Å². The molecule has 0 aliphatic heterocycles. The van der Waals surface area contributed by atoms with Crippen LogP contribution in [-0.4, -0.2) is 64.2 Å². The average molecular weight is 486 g/mol. The SMILES string of the molecule is COC(=O)C1CCC(COc2ccc(-c3nnn(C)c3COC(=O)N(C)CC3CCC3)nc2C)C1. The molecule has 2 saturated carbocycles. The molecule has 0 radical (unpaired) electrons. The van der Waals surface area contributed by atoms with Crippen LogP contribution >= 0.6 is 0 Å². The summed E-state index contributed by atoms with van der Waals surface area (Å²) in [7, 11) is 4.98. The van der Waals surface area contributed by atoms with Crippen LogP contribution in [0.4, 0.5) is 4.79 Å². The van der Waals surface area contributed by atoms with Crippen molar-refractivity contribution in [2.75, 3.05) is 27.3 Å². The number of carbonyl (C=O) groups excluding carboxylic acids is 2. The van der Waals surface area contributed by atoms with Gasteiger partial charge in [-0.2, -0.15) is 0 Å². The molecule has 0 bridgehead atoms. The second-order valence-corrected chi connectivity index (χ2v) is 9.73. The smallest absolute Gasteiger partial charge is 0.409 e. The molecule has 10 nitrogen and oxygen atoms in total. The zero-order chi connectivity index (χ0) is 24.9. The Hall–Kier alpha value is -3.17. The Morgan fingerprint density at radius 3 is 2.66 bits per heavy atom. The summed E-state index contributed by atoms with van der Waals surface area (Å²) < 4.78 is 18.0. The van der Waals surface area contributed by atoms with Gasteiger partial charge in [-0.05, 0) is 63.0 Å². The monoisotopic (exact) mass is 485 g/mol. The lowest BCUT2D eigenvalue weighted by atomic mass is 9.85. The quantitative estimate of drug-likeness (QED) is 0.497. The highest BCUT2D eigenvalue weighted by Crippen LogP contribution is 2.33. The lowest BCUT2D eigenvalue weighted by Crippen LogP contribution is -2.34. The van der Waals surface area contributed by atoms with Gasteiger partial charge in [0.05, 0.1) is 31.0 Å². The van der Waals surface area contributed by atoms with Crippen molar-refractivity contribution < 1.29 is 23.8 Å². The van der Waals surface area contributed by atoms with Gasteiger partial charge in [0, 0.05) is 20.6 Å². The number of amides is 1. The summed E-state index contributed by atoms with van der Waals surface area (Å²) in [6, 6.07) is 3.72. The van der Waals surface area contributed by atoms with E-state index in [1.54, 1.807) is 23.7 Å². The van der Waals surface area contributed by atoms with Gasteiger partial charge in [-0.15, -0.1) is 5.10 Å². The molecule has 35 heavy (non-hydrogen) atoms. The van der Waals surface area contributed by atoms with Gasteiger partial charge < -0.3 is 19.1 Å². The Morgan fingerprint density at radius 1 is 1.17 bits per heavy atom. The van der Waals surface area contributed by atoms with Crippen LogP contribution in [0.15, 0.2) is 12.1 Å². The molecular formula is C25H35N5O5. The summed E-state index contributed by atoms with van der Waals surface area (Å²) >= 11 is 0. The summed E-state index contributed by atoms with van der Waals surface area (Å²) in [6.45, 7) is 3.21. The first-order valence-corrected chi connectivity index (χ1v) is 12.3.